The number of carbonyl (C=O) groups excluding carboxylic acids is 1. The summed E-state index contributed by atoms with van der Waals surface area (Å²) in [5.74, 6) is 0.562. The number of pyridine rings is 1. The highest BCUT2D eigenvalue weighted by molar-refractivity contribution is 6.10. The van der Waals surface area contributed by atoms with Crippen LogP contribution in [0.3, 0.4) is 0 Å². The maximum atomic E-state index is 12.4. The first-order valence-corrected chi connectivity index (χ1v) is 5.90. The molecule has 0 aliphatic rings. The van der Waals surface area contributed by atoms with E-state index in [1.54, 1.807) is 24.5 Å². The Morgan fingerprint density at radius 2 is 2.17 bits per heavy atom. The van der Waals surface area contributed by atoms with Gasteiger partial charge in [-0.25, -0.2) is 0 Å². The lowest BCUT2D eigenvalue weighted by Crippen LogP contribution is -2.06. The Bertz CT molecular complexity index is 550. The average molecular weight is 241 g/mol. The Morgan fingerprint density at radius 3 is 2.83 bits per heavy atom. The van der Waals surface area contributed by atoms with E-state index in [0.29, 0.717) is 23.5 Å². The van der Waals surface area contributed by atoms with Gasteiger partial charge < -0.3 is 4.74 Å². The first-order valence-electron chi connectivity index (χ1n) is 5.90. The third kappa shape index (κ3) is 2.56. The van der Waals surface area contributed by atoms with E-state index in [2.05, 4.69) is 4.98 Å². The predicted molar refractivity (Wildman–Crippen MR) is 70.0 cm³/mol. The summed E-state index contributed by atoms with van der Waals surface area (Å²) in [6.45, 7) is 4.39. The van der Waals surface area contributed by atoms with E-state index in [4.69, 9.17) is 4.74 Å². The van der Waals surface area contributed by atoms with Gasteiger partial charge in [-0.15, -0.1) is 0 Å². The summed E-state index contributed by atoms with van der Waals surface area (Å²) in [5, 5.41) is 0. The normalized spacial score (nSPS) is 10.1. The molecule has 1 aromatic carbocycles. The SMILES string of the molecule is CCOc1ccc(C)cc1C(=O)c1cccnc1. The fourth-order valence-corrected chi connectivity index (χ4v) is 1.76. The molecule has 0 radical (unpaired) electrons. The lowest BCUT2D eigenvalue weighted by Gasteiger charge is -2.10. The molecule has 0 aliphatic carbocycles. The van der Waals surface area contributed by atoms with Crippen molar-refractivity contribution in [3.63, 3.8) is 0 Å². The minimum Gasteiger partial charge on any atom is -0.493 e. The fraction of sp³-hybridized carbons (Fsp3) is 0.200. The van der Waals surface area contributed by atoms with Gasteiger partial charge in [0.25, 0.3) is 0 Å². The van der Waals surface area contributed by atoms with Gasteiger partial charge in [0.2, 0.25) is 0 Å². The van der Waals surface area contributed by atoms with E-state index < -0.39 is 0 Å². The zero-order valence-corrected chi connectivity index (χ0v) is 10.5. The number of hydrogen-bond acceptors (Lipinski definition) is 3. The summed E-state index contributed by atoms with van der Waals surface area (Å²) >= 11 is 0. The van der Waals surface area contributed by atoms with Gasteiger partial charge >= 0.3 is 0 Å². The largest absolute Gasteiger partial charge is 0.493 e. The standard InChI is InChI=1S/C15H15NO2/c1-3-18-14-7-6-11(2)9-13(14)15(17)12-5-4-8-16-10-12/h4-10H,3H2,1-2H3. The van der Waals surface area contributed by atoms with Gasteiger partial charge in [-0.2, -0.15) is 0 Å². The molecule has 0 aliphatic heterocycles. The molecule has 0 bridgehead atoms. The summed E-state index contributed by atoms with van der Waals surface area (Å²) < 4.78 is 5.49. The van der Waals surface area contributed by atoms with Crippen LogP contribution in [0.5, 0.6) is 5.75 Å². The highest BCUT2D eigenvalue weighted by atomic mass is 16.5. The van der Waals surface area contributed by atoms with Crippen molar-refractivity contribution in [2.75, 3.05) is 6.61 Å². The molecule has 0 amide bonds. The number of aryl methyl sites for hydroxylation is 1. The van der Waals surface area contributed by atoms with Crippen molar-refractivity contribution in [1.82, 2.24) is 4.98 Å². The summed E-state index contributed by atoms with van der Waals surface area (Å²) in [6.07, 6.45) is 3.22. The number of nitrogens with zero attached hydrogens (tertiary/aromatic N) is 1. The molecule has 0 spiro atoms. The Kier molecular flexibility index (Phi) is 3.72. The number of aromatic nitrogens is 1. The minimum atomic E-state index is -0.0600. The van der Waals surface area contributed by atoms with Crippen molar-refractivity contribution < 1.29 is 9.53 Å². The first-order chi connectivity index (χ1) is 8.72. The molecule has 18 heavy (non-hydrogen) atoms. The second-order valence-electron chi connectivity index (χ2n) is 4.00. The molecule has 0 saturated heterocycles. The number of rotatable bonds is 4. The zero-order valence-electron chi connectivity index (χ0n) is 10.5. The first kappa shape index (κ1) is 12.3. The molecule has 0 fully saturated rings. The highest BCUT2D eigenvalue weighted by Crippen LogP contribution is 2.23. The summed E-state index contributed by atoms with van der Waals surface area (Å²) in [7, 11) is 0. The van der Waals surface area contributed by atoms with Crippen molar-refractivity contribution in [3.05, 3.63) is 59.4 Å². The van der Waals surface area contributed by atoms with Crippen LogP contribution in [0.15, 0.2) is 42.7 Å². The molecular weight excluding hydrogens is 226 g/mol. The Labute approximate surface area is 106 Å². The Morgan fingerprint density at radius 1 is 1.33 bits per heavy atom. The van der Waals surface area contributed by atoms with Crippen molar-refractivity contribution in [2.45, 2.75) is 13.8 Å². The van der Waals surface area contributed by atoms with Gasteiger partial charge in [0.05, 0.1) is 12.2 Å². The molecule has 1 heterocycles. The molecule has 2 rings (SSSR count). The molecule has 0 saturated carbocycles. The molecule has 2 aromatic rings. The van der Waals surface area contributed by atoms with Crippen LogP contribution in [-0.4, -0.2) is 17.4 Å². The quantitative estimate of drug-likeness (QED) is 0.772. The zero-order chi connectivity index (χ0) is 13.0. The van der Waals surface area contributed by atoms with Crippen LogP contribution in [0.25, 0.3) is 0 Å². The van der Waals surface area contributed by atoms with Crippen LogP contribution in [-0.2, 0) is 0 Å². The van der Waals surface area contributed by atoms with Crippen LogP contribution in [0, 0.1) is 6.92 Å². The van der Waals surface area contributed by atoms with E-state index in [1.807, 2.05) is 32.0 Å². The van der Waals surface area contributed by atoms with E-state index >= 15 is 0 Å². The molecule has 3 nitrogen and oxygen atoms in total. The molecule has 0 unspecified atom stereocenters. The van der Waals surface area contributed by atoms with Crippen LogP contribution >= 0.6 is 0 Å². The van der Waals surface area contributed by atoms with Crippen molar-refractivity contribution >= 4 is 5.78 Å². The van der Waals surface area contributed by atoms with Gasteiger partial charge in [-0.05, 0) is 38.1 Å². The van der Waals surface area contributed by atoms with Crippen molar-refractivity contribution in [3.8, 4) is 5.75 Å². The maximum Gasteiger partial charge on any atom is 0.198 e. The third-order valence-electron chi connectivity index (χ3n) is 2.60. The van der Waals surface area contributed by atoms with E-state index in [-0.39, 0.29) is 5.78 Å². The third-order valence-corrected chi connectivity index (χ3v) is 2.60. The molecule has 1 aromatic heterocycles. The van der Waals surface area contributed by atoms with Crippen LogP contribution < -0.4 is 4.74 Å². The number of hydrogen-bond donors (Lipinski definition) is 0. The lowest BCUT2D eigenvalue weighted by molar-refractivity contribution is 0.103. The molecule has 92 valence electrons. The summed E-state index contributed by atoms with van der Waals surface area (Å²) in [6, 6.07) is 9.13. The van der Waals surface area contributed by atoms with Gasteiger partial charge in [0.15, 0.2) is 5.78 Å². The molecule has 0 N–H and O–H groups in total. The second kappa shape index (κ2) is 5.45. The number of carbonyl (C=O) groups is 1. The Hall–Kier alpha value is -2.16. The summed E-state index contributed by atoms with van der Waals surface area (Å²) in [4.78, 5) is 16.3. The van der Waals surface area contributed by atoms with Gasteiger partial charge in [0, 0.05) is 18.0 Å². The molecule has 0 atom stereocenters. The van der Waals surface area contributed by atoms with Gasteiger partial charge in [0.1, 0.15) is 5.75 Å². The monoisotopic (exact) mass is 241 g/mol. The van der Waals surface area contributed by atoms with Crippen LogP contribution in [0.4, 0.5) is 0 Å². The van der Waals surface area contributed by atoms with Crippen molar-refractivity contribution in [1.29, 1.82) is 0 Å². The van der Waals surface area contributed by atoms with E-state index in [1.165, 1.54) is 0 Å². The smallest absolute Gasteiger partial charge is 0.198 e. The van der Waals surface area contributed by atoms with Crippen molar-refractivity contribution in [2.24, 2.45) is 0 Å². The maximum absolute atomic E-state index is 12.4. The van der Waals surface area contributed by atoms with Gasteiger partial charge in [-0.3, -0.25) is 9.78 Å². The van der Waals surface area contributed by atoms with E-state index in [0.717, 1.165) is 5.56 Å². The lowest BCUT2D eigenvalue weighted by atomic mass is 10.0. The molecular formula is C15H15NO2. The summed E-state index contributed by atoms with van der Waals surface area (Å²) in [5.41, 5.74) is 2.19. The van der Waals surface area contributed by atoms with Crippen LogP contribution in [0.1, 0.15) is 28.4 Å². The fourth-order valence-electron chi connectivity index (χ4n) is 1.76. The predicted octanol–water partition coefficient (Wildman–Crippen LogP) is 3.02. The average Bonchev–Trinajstić information content (AvgIpc) is 2.41. The highest BCUT2D eigenvalue weighted by Gasteiger charge is 2.14. The topological polar surface area (TPSA) is 39.2 Å². The van der Waals surface area contributed by atoms with Gasteiger partial charge in [-0.1, -0.05) is 11.6 Å². The van der Waals surface area contributed by atoms with E-state index in [9.17, 15) is 4.79 Å². The minimum absolute atomic E-state index is 0.0600. The number of ketones is 1. The number of benzene rings is 1. The second-order valence-corrected chi connectivity index (χ2v) is 4.00. The Balaban J connectivity index is 2.43. The number of ether oxygens (including phenoxy) is 1. The molecule has 3 heteroatoms. The van der Waals surface area contributed by atoms with Crippen LogP contribution in [0.2, 0.25) is 0 Å².